The number of halogens is 1. The quantitative estimate of drug-likeness (QED) is 0.764. The Balaban J connectivity index is 2.11. The Hall–Kier alpha value is -1.61. The highest BCUT2D eigenvalue weighted by Crippen LogP contribution is 2.28. The van der Waals surface area contributed by atoms with Crippen molar-refractivity contribution in [1.82, 2.24) is 0 Å². The van der Waals surface area contributed by atoms with Crippen molar-refractivity contribution < 1.29 is 9.53 Å². The van der Waals surface area contributed by atoms with Crippen molar-refractivity contribution in [3.05, 3.63) is 63.6 Å². The van der Waals surface area contributed by atoms with Gasteiger partial charge in [0.25, 0.3) is 0 Å². The highest BCUT2D eigenvalue weighted by Gasteiger charge is 2.07. The van der Waals surface area contributed by atoms with E-state index >= 15 is 0 Å². The molecule has 2 nitrogen and oxygen atoms in total. The number of para-hydroxylation sites is 1. The third kappa shape index (κ3) is 3.44. The zero-order chi connectivity index (χ0) is 13.7. The average Bonchev–Trinajstić information content (AvgIpc) is 2.46. The molecule has 0 aromatic heterocycles. The lowest BCUT2D eigenvalue weighted by Gasteiger charge is -2.10. The zero-order valence-electron chi connectivity index (χ0n) is 10.7. The molecule has 0 aliphatic carbocycles. The summed E-state index contributed by atoms with van der Waals surface area (Å²) in [4.78, 5) is 11.0. The predicted molar refractivity (Wildman–Crippen MR) is 79.7 cm³/mol. The van der Waals surface area contributed by atoms with Gasteiger partial charge in [-0.3, -0.25) is 4.79 Å². The third-order valence-electron chi connectivity index (χ3n) is 2.94. The minimum atomic E-state index is 0.452. The Morgan fingerprint density at radius 1 is 1.11 bits per heavy atom. The molecule has 0 atom stereocenters. The Bertz CT molecular complexity index is 561. The maximum Gasteiger partial charge on any atom is 0.153 e. The fraction of sp³-hybridized carbons (Fsp3) is 0.188. The number of carbonyl (C=O) groups excluding carboxylic acids is 1. The number of hydrogen-bond acceptors (Lipinski definition) is 2. The van der Waals surface area contributed by atoms with Crippen molar-refractivity contribution in [2.45, 2.75) is 20.0 Å². The molecular weight excluding hydrogens is 304 g/mol. The van der Waals surface area contributed by atoms with E-state index < -0.39 is 0 Å². The van der Waals surface area contributed by atoms with Crippen LogP contribution in [0.25, 0.3) is 0 Å². The van der Waals surface area contributed by atoms with Gasteiger partial charge in [-0.05, 0) is 45.6 Å². The fourth-order valence-electron chi connectivity index (χ4n) is 1.80. The number of benzene rings is 2. The normalized spacial score (nSPS) is 10.2. The largest absolute Gasteiger partial charge is 0.487 e. The van der Waals surface area contributed by atoms with Crippen LogP contribution < -0.4 is 4.74 Å². The lowest BCUT2D eigenvalue weighted by atomic mass is 10.1. The number of ether oxygens (including phenoxy) is 1. The van der Waals surface area contributed by atoms with Gasteiger partial charge in [-0.25, -0.2) is 0 Å². The van der Waals surface area contributed by atoms with E-state index in [9.17, 15) is 4.79 Å². The van der Waals surface area contributed by atoms with E-state index in [1.165, 1.54) is 5.56 Å². The molecule has 0 amide bonds. The van der Waals surface area contributed by atoms with Crippen LogP contribution in [0.1, 0.15) is 28.4 Å². The highest BCUT2D eigenvalue weighted by atomic mass is 79.9. The molecule has 0 N–H and O–H groups in total. The fourth-order valence-corrected chi connectivity index (χ4v) is 2.29. The summed E-state index contributed by atoms with van der Waals surface area (Å²) in [6.07, 6.45) is 1.83. The summed E-state index contributed by atoms with van der Waals surface area (Å²) in [7, 11) is 0. The Morgan fingerprint density at radius 2 is 1.79 bits per heavy atom. The monoisotopic (exact) mass is 318 g/mol. The zero-order valence-corrected chi connectivity index (χ0v) is 12.3. The Kier molecular flexibility index (Phi) is 4.74. The molecule has 2 aromatic carbocycles. The summed E-state index contributed by atoms with van der Waals surface area (Å²) in [5.74, 6) is 0.595. The van der Waals surface area contributed by atoms with Crippen LogP contribution in [-0.2, 0) is 13.0 Å². The van der Waals surface area contributed by atoms with Crippen LogP contribution in [0.2, 0.25) is 0 Å². The number of aldehydes is 1. The molecule has 0 unspecified atom stereocenters. The average molecular weight is 319 g/mol. The topological polar surface area (TPSA) is 26.3 Å². The predicted octanol–water partition coefficient (Wildman–Crippen LogP) is 4.40. The van der Waals surface area contributed by atoms with Crippen molar-refractivity contribution in [1.29, 1.82) is 0 Å². The van der Waals surface area contributed by atoms with Crippen molar-refractivity contribution in [2.24, 2.45) is 0 Å². The molecule has 0 radical (unpaired) electrons. The Labute approximate surface area is 121 Å². The van der Waals surface area contributed by atoms with Gasteiger partial charge in [0.15, 0.2) is 6.29 Å². The van der Waals surface area contributed by atoms with Gasteiger partial charge in [0.05, 0.1) is 10.0 Å². The van der Waals surface area contributed by atoms with Crippen LogP contribution in [0.3, 0.4) is 0 Å². The van der Waals surface area contributed by atoms with E-state index in [1.807, 2.05) is 12.1 Å². The van der Waals surface area contributed by atoms with Crippen molar-refractivity contribution in [3.8, 4) is 5.75 Å². The van der Waals surface area contributed by atoms with Crippen LogP contribution in [0.4, 0.5) is 0 Å². The lowest BCUT2D eigenvalue weighted by molar-refractivity contribution is 0.111. The minimum Gasteiger partial charge on any atom is -0.487 e. The van der Waals surface area contributed by atoms with Gasteiger partial charge in [-0.2, -0.15) is 0 Å². The molecule has 0 fully saturated rings. The standard InChI is InChI=1S/C16H15BrO2/c1-2-12-6-8-13(9-7-12)11-19-16-14(10-18)4-3-5-15(16)17/h3-10H,2,11H2,1H3. The third-order valence-corrected chi connectivity index (χ3v) is 3.56. The van der Waals surface area contributed by atoms with E-state index in [1.54, 1.807) is 6.07 Å². The molecule has 0 heterocycles. The maximum absolute atomic E-state index is 11.0. The summed E-state index contributed by atoms with van der Waals surface area (Å²) in [6, 6.07) is 13.7. The first-order valence-electron chi connectivity index (χ1n) is 6.19. The van der Waals surface area contributed by atoms with Gasteiger partial charge in [0.1, 0.15) is 12.4 Å². The van der Waals surface area contributed by atoms with Gasteiger partial charge < -0.3 is 4.74 Å². The van der Waals surface area contributed by atoms with E-state index in [0.29, 0.717) is 17.9 Å². The van der Waals surface area contributed by atoms with Gasteiger partial charge in [-0.1, -0.05) is 37.3 Å². The molecule has 0 spiro atoms. The maximum atomic E-state index is 11.0. The van der Waals surface area contributed by atoms with E-state index in [-0.39, 0.29) is 0 Å². The summed E-state index contributed by atoms with van der Waals surface area (Å²) in [6.45, 7) is 2.58. The second-order valence-corrected chi connectivity index (χ2v) is 5.09. The van der Waals surface area contributed by atoms with E-state index in [0.717, 1.165) is 22.7 Å². The molecular formula is C16H15BrO2. The SMILES string of the molecule is CCc1ccc(COc2c(Br)cccc2C=O)cc1. The molecule has 0 bridgehead atoms. The van der Waals surface area contributed by atoms with Gasteiger partial charge in [0.2, 0.25) is 0 Å². The molecule has 98 valence electrons. The number of carbonyl (C=O) groups is 1. The van der Waals surface area contributed by atoms with Crippen LogP contribution >= 0.6 is 15.9 Å². The van der Waals surface area contributed by atoms with E-state index in [4.69, 9.17) is 4.74 Å². The first-order chi connectivity index (χ1) is 9.24. The highest BCUT2D eigenvalue weighted by molar-refractivity contribution is 9.10. The van der Waals surface area contributed by atoms with Crippen LogP contribution in [0, 0.1) is 0 Å². The number of hydrogen-bond donors (Lipinski definition) is 0. The molecule has 2 rings (SSSR count). The first kappa shape index (κ1) is 13.8. The van der Waals surface area contributed by atoms with Gasteiger partial charge in [0, 0.05) is 0 Å². The molecule has 0 aliphatic heterocycles. The smallest absolute Gasteiger partial charge is 0.153 e. The Morgan fingerprint density at radius 3 is 2.42 bits per heavy atom. The van der Waals surface area contributed by atoms with Crippen LogP contribution in [-0.4, -0.2) is 6.29 Å². The summed E-state index contributed by atoms with van der Waals surface area (Å²) >= 11 is 3.40. The molecule has 19 heavy (non-hydrogen) atoms. The second kappa shape index (κ2) is 6.53. The molecule has 0 saturated heterocycles. The van der Waals surface area contributed by atoms with Crippen molar-refractivity contribution >= 4 is 22.2 Å². The van der Waals surface area contributed by atoms with Gasteiger partial charge >= 0.3 is 0 Å². The minimum absolute atomic E-state index is 0.452. The summed E-state index contributed by atoms with van der Waals surface area (Å²) in [5.41, 5.74) is 2.95. The number of rotatable bonds is 5. The molecule has 3 heteroatoms. The van der Waals surface area contributed by atoms with Gasteiger partial charge in [-0.15, -0.1) is 0 Å². The van der Waals surface area contributed by atoms with E-state index in [2.05, 4.69) is 47.1 Å². The molecule has 2 aromatic rings. The summed E-state index contributed by atoms with van der Waals surface area (Å²) in [5, 5.41) is 0. The second-order valence-electron chi connectivity index (χ2n) is 4.23. The van der Waals surface area contributed by atoms with Crippen LogP contribution in [0.15, 0.2) is 46.9 Å². The first-order valence-corrected chi connectivity index (χ1v) is 6.98. The summed E-state index contributed by atoms with van der Waals surface area (Å²) < 4.78 is 6.53. The lowest BCUT2D eigenvalue weighted by Crippen LogP contribution is -1.99. The molecule has 0 aliphatic rings. The van der Waals surface area contributed by atoms with Crippen molar-refractivity contribution in [2.75, 3.05) is 0 Å². The molecule has 0 saturated carbocycles. The van der Waals surface area contributed by atoms with Crippen LogP contribution in [0.5, 0.6) is 5.75 Å². The number of aryl methyl sites for hydroxylation is 1. The van der Waals surface area contributed by atoms with Crippen molar-refractivity contribution in [3.63, 3.8) is 0 Å².